The second kappa shape index (κ2) is 9.80. The summed E-state index contributed by atoms with van der Waals surface area (Å²) in [7, 11) is 0. The molecular weight excluding hydrogens is 514 g/mol. The van der Waals surface area contributed by atoms with E-state index >= 15 is 0 Å². The van der Waals surface area contributed by atoms with Crippen LogP contribution in [0.15, 0.2) is 101 Å². The first kappa shape index (κ1) is 26.4. The second-order valence-electron chi connectivity index (χ2n) is 9.40. The van der Waals surface area contributed by atoms with E-state index in [9.17, 15) is 26.3 Å². The summed E-state index contributed by atoms with van der Waals surface area (Å²) < 4.78 is 88.0. The Labute approximate surface area is 221 Å². The molecule has 5 rings (SSSR count). The molecule has 0 saturated carbocycles. The van der Waals surface area contributed by atoms with E-state index in [2.05, 4.69) is 0 Å². The van der Waals surface area contributed by atoms with Gasteiger partial charge in [0, 0.05) is 22.3 Å². The summed E-state index contributed by atoms with van der Waals surface area (Å²) in [6, 6.07) is 24.2. The lowest BCUT2D eigenvalue weighted by molar-refractivity contribution is -0.138. The van der Waals surface area contributed by atoms with Crippen molar-refractivity contribution >= 4 is 0 Å². The van der Waals surface area contributed by atoms with Crippen LogP contribution in [0.3, 0.4) is 0 Å². The third kappa shape index (κ3) is 5.35. The van der Waals surface area contributed by atoms with Gasteiger partial charge in [-0.3, -0.25) is 0 Å². The molecule has 0 unspecified atom stereocenters. The summed E-state index contributed by atoms with van der Waals surface area (Å²) in [6.45, 7) is 3.81. The Bertz CT molecular complexity index is 1500. The van der Waals surface area contributed by atoms with Gasteiger partial charge in [-0.25, -0.2) is 0 Å². The molecule has 5 aromatic rings. The van der Waals surface area contributed by atoms with Crippen LogP contribution in [0.25, 0.3) is 44.9 Å². The largest absolute Gasteiger partial charge is 0.455 e. The summed E-state index contributed by atoms with van der Waals surface area (Å²) in [6.07, 6.45) is -9.17. The van der Waals surface area contributed by atoms with Gasteiger partial charge in [0.15, 0.2) is 0 Å². The smallest absolute Gasteiger partial charge is 0.416 e. The summed E-state index contributed by atoms with van der Waals surface area (Å²) in [5, 5.41) is 0. The molecule has 0 aliphatic carbocycles. The predicted molar refractivity (Wildman–Crippen MR) is 140 cm³/mol. The zero-order valence-corrected chi connectivity index (χ0v) is 20.9. The van der Waals surface area contributed by atoms with Crippen molar-refractivity contribution in [3.63, 3.8) is 0 Å². The van der Waals surface area contributed by atoms with Crippen molar-refractivity contribution in [2.45, 2.75) is 26.2 Å². The molecule has 39 heavy (non-hydrogen) atoms. The molecule has 0 spiro atoms. The zero-order chi connectivity index (χ0) is 27.9. The van der Waals surface area contributed by atoms with Crippen LogP contribution < -0.4 is 0 Å². The Hall–Kier alpha value is -4.26. The van der Waals surface area contributed by atoms with Gasteiger partial charge in [0.2, 0.25) is 0 Å². The molecule has 0 bridgehead atoms. The predicted octanol–water partition coefficient (Wildman–Crippen LogP) is 10.6. The van der Waals surface area contributed by atoms with Crippen molar-refractivity contribution in [3.8, 4) is 44.9 Å². The van der Waals surface area contributed by atoms with Crippen LogP contribution in [-0.4, -0.2) is 0 Å². The molecule has 0 amide bonds. The topological polar surface area (TPSA) is 13.1 Å². The molecule has 0 radical (unpaired) electrons. The molecular formula is C32H22F6O. The maximum atomic E-state index is 13.6. The fraction of sp³-hybridized carbons (Fsp3) is 0.125. The van der Waals surface area contributed by atoms with E-state index in [1.165, 1.54) is 24.3 Å². The summed E-state index contributed by atoms with van der Waals surface area (Å²) in [5.41, 5.74) is 2.84. The minimum absolute atomic E-state index is 0.132. The zero-order valence-electron chi connectivity index (χ0n) is 20.9. The number of hydrogen-bond donors (Lipinski definition) is 0. The fourth-order valence-electron chi connectivity index (χ4n) is 4.50. The van der Waals surface area contributed by atoms with E-state index < -0.39 is 23.5 Å². The molecule has 0 aliphatic heterocycles. The second-order valence-corrected chi connectivity index (χ2v) is 9.40. The van der Waals surface area contributed by atoms with E-state index in [0.29, 0.717) is 22.3 Å². The molecule has 7 heteroatoms. The van der Waals surface area contributed by atoms with Gasteiger partial charge in [-0.2, -0.15) is 26.3 Å². The van der Waals surface area contributed by atoms with Gasteiger partial charge in [0.1, 0.15) is 11.5 Å². The quantitative estimate of drug-likeness (QED) is 0.208. The Morgan fingerprint density at radius 1 is 0.462 bits per heavy atom. The van der Waals surface area contributed by atoms with E-state index in [1.807, 2.05) is 62.4 Å². The van der Waals surface area contributed by atoms with Crippen LogP contribution in [0.2, 0.25) is 0 Å². The number of rotatable bonds is 4. The molecule has 0 saturated heterocycles. The number of alkyl halides is 6. The molecule has 4 aromatic carbocycles. The first-order valence-electron chi connectivity index (χ1n) is 12.1. The molecule has 0 fully saturated rings. The van der Waals surface area contributed by atoms with Crippen molar-refractivity contribution < 1.29 is 30.8 Å². The minimum Gasteiger partial charge on any atom is -0.455 e. The van der Waals surface area contributed by atoms with Gasteiger partial charge < -0.3 is 4.42 Å². The lowest BCUT2D eigenvalue weighted by Crippen LogP contribution is -2.04. The van der Waals surface area contributed by atoms with Crippen LogP contribution in [-0.2, 0) is 12.4 Å². The van der Waals surface area contributed by atoms with Gasteiger partial charge in [-0.15, -0.1) is 0 Å². The average molecular weight is 537 g/mol. The van der Waals surface area contributed by atoms with Crippen molar-refractivity contribution in [3.05, 3.63) is 119 Å². The number of halogens is 6. The van der Waals surface area contributed by atoms with Crippen molar-refractivity contribution in [2.75, 3.05) is 0 Å². The van der Waals surface area contributed by atoms with Gasteiger partial charge >= 0.3 is 12.4 Å². The Balaban J connectivity index is 1.88. The third-order valence-corrected chi connectivity index (χ3v) is 6.49. The van der Waals surface area contributed by atoms with Gasteiger partial charge in [-0.05, 0) is 49.2 Å². The number of hydrogen-bond acceptors (Lipinski definition) is 1. The highest BCUT2D eigenvalue weighted by atomic mass is 19.4. The van der Waals surface area contributed by atoms with E-state index in [1.54, 1.807) is 0 Å². The number of furan rings is 1. The average Bonchev–Trinajstić information content (AvgIpc) is 3.29. The van der Waals surface area contributed by atoms with Crippen molar-refractivity contribution in [2.24, 2.45) is 0 Å². The monoisotopic (exact) mass is 536 g/mol. The molecule has 1 heterocycles. The number of benzene rings is 4. The van der Waals surface area contributed by atoms with Crippen LogP contribution in [0.4, 0.5) is 26.3 Å². The van der Waals surface area contributed by atoms with Crippen molar-refractivity contribution in [1.29, 1.82) is 0 Å². The molecule has 1 nitrogen and oxygen atoms in total. The highest BCUT2D eigenvalue weighted by Crippen LogP contribution is 2.49. The van der Waals surface area contributed by atoms with Crippen LogP contribution >= 0.6 is 0 Å². The molecule has 0 N–H and O–H groups in total. The lowest BCUT2D eigenvalue weighted by atomic mass is 9.90. The Morgan fingerprint density at radius 2 is 0.821 bits per heavy atom. The summed E-state index contributed by atoms with van der Waals surface area (Å²) in [4.78, 5) is 0. The highest BCUT2D eigenvalue weighted by molar-refractivity contribution is 5.99. The summed E-state index contributed by atoms with van der Waals surface area (Å²) in [5.74, 6) is 0.265. The van der Waals surface area contributed by atoms with Gasteiger partial charge in [0.05, 0.1) is 11.1 Å². The molecule has 1 aromatic heterocycles. The Morgan fingerprint density at radius 3 is 1.15 bits per heavy atom. The van der Waals surface area contributed by atoms with E-state index in [4.69, 9.17) is 4.42 Å². The first-order valence-corrected chi connectivity index (χ1v) is 12.1. The van der Waals surface area contributed by atoms with Gasteiger partial charge in [-0.1, -0.05) is 83.9 Å². The summed E-state index contributed by atoms with van der Waals surface area (Å²) >= 11 is 0. The maximum absolute atomic E-state index is 13.6. The van der Waals surface area contributed by atoms with Crippen LogP contribution in [0.1, 0.15) is 22.3 Å². The Kier molecular flexibility index (Phi) is 6.62. The molecule has 0 aliphatic rings. The number of aryl methyl sites for hydroxylation is 2. The van der Waals surface area contributed by atoms with Gasteiger partial charge in [0.25, 0.3) is 0 Å². The standard InChI is InChI=1S/C32H22F6O/c1-19-9-13-21(14-10-19)27-28(22-15-11-20(2)12-16-22)30(24-6-4-8-26(18-24)32(36,37)38)39-29(27)23-5-3-7-25(17-23)31(33,34)35/h3-18H,1-2H3. The maximum Gasteiger partial charge on any atom is 0.416 e. The normalized spacial score (nSPS) is 12.1. The highest BCUT2D eigenvalue weighted by Gasteiger charge is 2.33. The van der Waals surface area contributed by atoms with Crippen molar-refractivity contribution in [1.82, 2.24) is 0 Å². The SMILES string of the molecule is Cc1ccc(-c2c(-c3cccc(C(F)(F)F)c3)oc(-c3cccc(C(F)(F)F)c3)c2-c2ccc(C)cc2)cc1. The van der Waals surface area contributed by atoms with E-state index in [0.717, 1.165) is 35.4 Å². The van der Waals surface area contributed by atoms with Crippen LogP contribution in [0, 0.1) is 13.8 Å². The fourth-order valence-corrected chi connectivity index (χ4v) is 4.50. The minimum atomic E-state index is -4.59. The third-order valence-electron chi connectivity index (χ3n) is 6.49. The first-order chi connectivity index (χ1) is 18.4. The lowest BCUT2D eigenvalue weighted by Gasteiger charge is -2.11. The molecule has 198 valence electrons. The molecule has 0 atom stereocenters. The van der Waals surface area contributed by atoms with Crippen LogP contribution in [0.5, 0.6) is 0 Å². The van der Waals surface area contributed by atoms with E-state index in [-0.39, 0.29) is 22.6 Å².